The Bertz CT molecular complexity index is 3020. The van der Waals surface area contributed by atoms with Crippen molar-refractivity contribution in [3.05, 3.63) is 134 Å². The van der Waals surface area contributed by atoms with E-state index < -0.39 is 24.9 Å². The van der Waals surface area contributed by atoms with Gasteiger partial charge in [0.25, 0.3) is 0 Å². The number of aromatic amines is 1. The summed E-state index contributed by atoms with van der Waals surface area (Å²) in [6.07, 6.45) is 6.72. The number of aromatic nitrogens is 10. The Kier molecular flexibility index (Phi) is 17.0. The van der Waals surface area contributed by atoms with Gasteiger partial charge < -0.3 is 33.5 Å². The van der Waals surface area contributed by atoms with Gasteiger partial charge in [0.1, 0.15) is 19.9 Å². The highest BCUT2D eigenvalue weighted by atomic mass is 28.3. The first-order valence-corrected chi connectivity index (χ1v) is 27.0. The Balaban J connectivity index is 0.000000220. The fourth-order valence-electron chi connectivity index (χ4n) is 6.37. The lowest BCUT2D eigenvalue weighted by Gasteiger charge is -2.21. The number of rotatable bonds is 21. The smallest absolute Gasteiger partial charge is 0.342 e. The second kappa shape index (κ2) is 23.7. The largest absolute Gasteiger partial charge is 0.481 e. The predicted octanol–water partition coefficient (Wildman–Crippen LogP) is 10.3. The quantitative estimate of drug-likeness (QED) is 0.0387. The number of carbonyl (C=O) groups is 2. The minimum Gasteiger partial charge on any atom is -0.481 e. The normalized spacial score (nSPS) is 11.5. The van der Waals surface area contributed by atoms with Crippen molar-refractivity contribution in [1.82, 2.24) is 49.9 Å². The van der Waals surface area contributed by atoms with Gasteiger partial charge in [-0.05, 0) is 69.1 Å². The van der Waals surface area contributed by atoms with Crippen LogP contribution in [0.15, 0.2) is 134 Å². The van der Waals surface area contributed by atoms with Crippen LogP contribution in [0.5, 0.6) is 35.5 Å². The minimum atomic E-state index is -1.21. The third-order valence-corrected chi connectivity index (χ3v) is 12.6. The molecule has 0 unspecified atom stereocenters. The van der Waals surface area contributed by atoms with Gasteiger partial charge in [-0.2, -0.15) is 14.6 Å². The summed E-state index contributed by atoms with van der Waals surface area (Å²) >= 11 is 0. The van der Waals surface area contributed by atoms with Crippen molar-refractivity contribution < 1.29 is 43.1 Å². The molecule has 0 atom stereocenters. The average Bonchev–Trinajstić information content (AvgIpc) is 4.04. The molecule has 0 fully saturated rings. The number of H-pyrrole nitrogens is 1. The highest BCUT2D eigenvalue weighted by Gasteiger charge is 2.30. The first kappa shape index (κ1) is 52.5. The number of nitrogens with zero attached hydrogens (tertiary/aromatic N) is 9. The summed E-state index contributed by atoms with van der Waals surface area (Å²) in [6.45, 7) is 14.8. The maximum atomic E-state index is 11.9. The number of esters is 1. The minimum absolute atomic E-state index is 0.0343. The Hall–Kier alpha value is -8.36. The number of carboxylic acid groups (broad SMARTS) is 1. The standard InChI is InChI=1S/C30H37N5O5Si.C23H21N5O4/c1-30(2,28(36)37-3)20-39-25-15-14-24(19-32-25)22-10-12-23(13-11-22)27-33-29(40-26-9-7-8-16-31-26)35(34-27)21-38-17-18-41(4,5)6;1-23(2,21(29)30)14-31-18-11-10-17(13-25-18)15-6-8-16(9-7-15)20-26-22(28-27-20)32-19-5-3-4-12-24-19/h7-16,19H,17-18,20-21H2,1-6H3;3-13H,14H2,1-2H3,(H,29,30)(H,26,27,28). The number of benzene rings is 2. The van der Waals surface area contributed by atoms with Gasteiger partial charge in [0.2, 0.25) is 23.5 Å². The molecule has 8 rings (SSSR count). The molecular formula is C53H58N10O9Si. The lowest BCUT2D eigenvalue weighted by Crippen LogP contribution is -2.32. The number of carboxylic acids is 1. The maximum Gasteiger partial charge on any atom is 0.342 e. The molecule has 73 heavy (non-hydrogen) atoms. The number of methoxy groups -OCH3 is 1. The SMILES string of the molecule is CC(C)(COc1ccc(-c2ccc(-c3nc(Oc4ccccn4)n[nH]3)cc2)cn1)C(=O)O.COC(=O)C(C)(C)COc1ccc(-c2ccc(-c3nc(Oc4ccccn4)n(COCC[Si](C)(C)C)n3)cc2)cn1. The van der Waals surface area contributed by atoms with E-state index in [2.05, 4.69) is 64.8 Å². The molecule has 0 saturated carbocycles. The zero-order valence-electron chi connectivity index (χ0n) is 42.0. The molecular weight excluding hydrogens is 949 g/mol. The van der Waals surface area contributed by atoms with Crippen LogP contribution in [0.2, 0.25) is 25.7 Å². The average molecular weight is 1010 g/mol. The molecule has 0 amide bonds. The Morgan fingerprint density at radius 1 is 0.630 bits per heavy atom. The van der Waals surface area contributed by atoms with E-state index in [1.54, 1.807) is 87.5 Å². The number of hydrogen-bond donors (Lipinski definition) is 2. The van der Waals surface area contributed by atoms with E-state index in [0.29, 0.717) is 47.8 Å². The van der Waals surface area contributed by atoms with Crippen LogP contribution in [0.4, 0.5) is 0 Å². The molecule has 6 aromatic heterocycles. The van der Waals surface area contributed by atoms with Crippen molar-refractivity contribution >= 4 is 20.0 Å². The van der Waals surface area contributed by atoms with E-state index >= 15 is 0 Å². The van der Waals surface area contributed by atoms with Gasteiger partial charge in [0, 0.05) is 86.0 Å². The maximum absolute atomic E-state index is 11.9. The molecule has 0 aliphatic carbocycles. The molecule has 8 aromatic rings. The summed E-state index contributed by atoms with van der Waals surface area (Å²) < 4.78 is 35.0. The number of aliphatic carboxylic acids is 1. The van der Waals surface area contributed by atoms with Gasteiger partial charge in [0.15, 0.2) is 11.6 Å². The van der Waals surface area contributed by atoms with Crippen molar-refractivity contribution in [2.24, 2.45) is 10.8 Å². The highest BCUT2D eigenvalue weighted by molar-refractivity contribution is 6.76. The number of carbonyl (C=O) groups excluding carboxylic acids is 1. The first-order valence-electron chi connectivity index (χ1n) is 23.3. The Labute approximate surface area is 424 Å². The number of ether oxygens (including phenoxy) is 6. The monoisotopic (exact) mass is 1010 g/mol. The second-order valence-corrected chi connectivity index (χ2v) is 24.8. The summed E-state index contributed by atoms with van der Waals surface area (Å²) in [5.41, 5.74) is 3.68. The molecule has 0 aliphatic rings. The van der Waals surface area contributed by atoms with Crippen molar-refractivity contribution in [3.8, 4) is 80.6 Å². The summed E-state index contributed by atoms with van der Waals surface area (Å²) in [7, 11) is 0.153. The molecule has 0 spiro atoms. The summed E-state index contributed by atoms with van der Waals surface area (Å²) in [4.78, 5) is 49.0. The number of hydrogen-bond acceptors (Lipinski definition) is 16. The first-order chi connectivity index (χ1) is 34.9. The zero-order valence-corrected chi connectivity index (χ0v) is 43.0. The van der Waals surface area contributed by atoms with Gasteiger partial charge in [-0.15, -0.1) is 10.2 Å². The number of nitrogens with one attached hydrogen (secondary N) is 1. The van der Waals surface area contributed by atoms with Crippen LogP contribution in [0.1, 0.15) is 27.7 Å². The lowest BCUT2D eigenvalue weighted by atomic mass is 9.95. The summed E-state index contributed by atoms with van der Waals surface area (Å²) in [5, 5.41) is 20.7. The van der Waals surface area contributed by atoms with Gasteiger partial charge in [-0.25, -0.2) is 19.9 Å². The van der Waals surface area contributed by atoms with E-state index in [9.17, 15) is 9.59 Å². The van der Waals surface area contributed by atoms with Crippen LogP contribution in [0.3, 0.4) is 0 Å². The molecule has 6 heterocycles. The molecule has 0 bridgehead atoms. The summed E-state index contributed by atoms with van der Waals surface area (Å²) in [5.74, 6) is 1.50. The van der Waals surface area contributed by atoms with Crippen LogP contribution in [-0.4, -0.2) is 102 Å². The Morgan fingerprint density at radius 2 is 1.16 bits per heavy atom. The number of pyridine rings is 4. The van der Waals surface area contributed by atoms with E-state index in [1.807, 2.05) is 78.9 Å². The molecule has 0 saturated heterocycles. The van der Waals surface area contributed by atoms with Crippen LogP contribution in [-0.2, 0) is 25.8 Å². The molecule has 19 nitrogen and oxygen atoms in total. The van der Waals surface area contributed by atoms with Gasteiger partial charge in [0.05, 0.1) is 17.9 Å². The molecule has 20 heteroatoms. The second-order valence-electron chi connectivity index (χ2n) is 19.1. The predicted molar refractivity (Wildman–Crippen MR) is 275 cm³/mol. The fourth-order valence-corrected chi connectivity index (χ4v) is 7.13. The van der Waals surface area contributed by atoms with Crippen LogP contribution in [0.25, 0.3) is 45.0 Å². The van der Waals surface area contributed by atoms with Crippen molar-refractivity contribution in [3.63, 3.8) is 0 Å². The molecule has 378 valence electrons. The molecule has 0 radical (unpaired) electrons. The third kappa shape index (κ3) is 15.1. The third-order valence-electron chi connectivity index (χ3n) is 10.9. The van der Waals surface area contributed by atoms with E-state index in [1.165, 1.54) is 7.11 Å². The van der Waals surface area contributed by atoms with Crippen molar-refractivity contribution in [1.29, 1.82) is 0 Å². The van der Waals surface area contributed by atoms with Gasteiger partial charge in [-0.1, -0.05) is 80.3 Å². The highest BCUT2D eigenvalue weighted by Crippen LogP contribution is 2.29. The molecule has 2 N–H and O–H groups in total. The van der Waals surface area contributed by atoms with E-state index in [4.69, 9.17) is 33.5 Å². The molecule has 2 aromatic carbocycles. The van der Waals surface area contributed by atoms with Gasteiger partial charge in [-0.3, -0.25) is 14.7 Å². The van der Waals surface area contributed by atoms with Crippen molar-refractivity contribution in [2.45, 2.75) is 60.1 Å². The van der Waals surface area contributed by atoms with Crippen LogP contribution >= 0.6 is 0 Å². The topological polar surface area (TPSA) is 234 Å². The zero-order chi connectivity index (χ0) is 52.0. The fraction of sp³-hybridized carbons (Fsp3) is 0.283. The van der Waals surface area contributed by atoms with E-state index in [-0.39, 0.29) is 31.9 Å². The lowest BCUT2D eigenvalue weighted by molar-refractivity contribution is -0.152. The summed E-state index contributed by atoms with van der Waals surface area (Å²) in [6, 6.07) is 35.2. The van der Waals surface area contributed by atoms with Crippen LogP contribution in [0, 0.1) is 10.8 Å². The van der Waals surface area contributed by atoms with Gasteiger partial charge >= 0.3 is 24.0 Å². The van der Waals surface area contributed by atoms with E-state index in [0.717, 1.165) is 39.4 Å². The Morgan fingerprint density at radius 3 is 1.67 bits per heavy atom. The van der Waals surface area contributed by atoms with Crippen LogP contribution < -0.4 is 18.9 Å². The van der Waals surface area contributed by atoms with Crippen molar-refractivity contribution in [2.75, 3.05) is 26.9 Å². The molecule has 0 aliphatic heterocycles.